The predicted octanol–water partition coefficient (Wildman–Crippen LogP) is 3.50. The molecular formula is C18H25BClNO4. The second kappa shape index (κ2) is 7.40. The van der Waals surface area contributed by atoms with Crippen LogP contribution in [0.3, 0.4) is 0 Å². The van der Waals surface area contributed by atoms with Crippen molar-refractivity contribution in [1.82, 2.24) is 5.32 Å². The number of amides is 1. The summed E-state index contributed by atoms with van der Waals surface area (Å²) in [6, 6.07) is 5.40. The quantitative estimate of drug-likeness (QED) is 0.811. The first kappa shape index (κ1) is 19.8. The molecule has 0 aromatic heterocycles. The highest BCUT2D eigenvalue weighted by atomic mass is 35.5. The number of halogens is 1. The van der Waals surface area contributed by atoms with E-state index in [1.807, 2.05) is 39.8 Å². The third-order valence-electron chi connectivity index (χ3n) is 4.64. The number of ether oxygens (including phenoxy) is 1. The van der Waals surface area contributed by atoms with Crippen molar-refractivity contribution >= 4 is 30.7 Å². The lowest BCUT2D eigenvalue weighted by Gasteiger charge is -2.32. The van der Waals surface area contributed by atoms with Gasteiger partial charge in [0.05, 0.1) is 18.3 Å². The molecule has 2 rings (SSSR count). The Morgan fingerprint density at radius 1 is 1.28 bits per heavy atom. The largest absolute Gasteiger partial charge is 0.497 e. The van der Waals surface area contributed by atoms with Crippen LogP contribution in [0.5, 0.6) is 5.75 Å². The van der Waals surface area contributed by atoms with Crippen LogP contribution in [0.15, 0.2) is 23.7 Å². The Morgan fingerprint density at radius 3 is 2.40 bits per heavy atom. The Morgan fingerprint density at radius 2 is 1.88 bits per heavy atom. The smallest absolute Gasteiger partial charge is 0.492 e. The SMILES string of the molecule is COc1ccc(Cl)c(C=C(CNC(C)=O)B2OC(C)(C)C(C)(C)O2)c1. The third kappa shape index (κ3) is 4.57. The molecule has 1 amide bonds. The summed E-state index contributed by atoms with van der Waals surface area (Å²) in [5.41, 5.74) is 0.621. The maximum Gasteiger partial charge on any atom is 0.492 e. The minimum atomic E-state index is -0.570. The Kier molecular flexibility index (Phi) is 5.87. The monoisotopic (exact) mass is 365 g/mol. The van der Waals surface area contributed by atoms with Crippen molar-refractivity contribution in [2.45, 2.75) is 45.8 Å². The fourth-order valence-corrected chi connectivity index (χ4v) is 2.55. The lowest BCUT2D eigenvalue weighted by molar-refractivity contribution is -0.118. The lowest BCUT2D eigenvalue weighted by Crippen LogP contribution is -2.41. The van der Waals surface area contributed by atoms with E-state index in [9.17, 15) is 4.79 Å². The molecule has 0 radical (unpaired) electrons. The zero-order chi connectivity index (χ0) is 18.8. The molecule has 0 saturated carbocycles. The summed E-state index contributed by atoms with van der Waals surface area (Å²) < 4.78 is 17.5. The average Bonchev–Trinajstić information content (AvgIpc) is 2.73. The fourth-order valence-electron chi connectivity index (χ4n) is 2.38. The van der Waals surface area contributed by atoms with Crippen LogP contribution in [0.2, 0.25) is 5.02 Å². The zero-order valence-corrected chi connectivity index (χ0v) is 16.4. The summed E-state index contributed by atoms with van der Waals surface area (Å²) >= 11 is 6.31. The normalized spacial score (nSPS) is 19.0. The van der Waals surface area contributed by atoms with Gasteiger partial charge in [-0.1, -0.05) is 17.7 Å². The Bertz CT molecular complexity index is 672. The molecule has 1 aromatic carbocycles. The number of hydrogen-bond donors (Lipinski definition) is 1. The van der Waals surface area contributed by atoms with E-state index in [0.29, 0.717) is 17.3 Å². The number of nitrogens with one attached hydrogen (secondary N) is 1. The van der Waals surface area contributed by atoms with E-state index in [1.165, 1.54) is 6.92 Å². The molecule has 1 N–H and O–H groups in total. The summed E-state index contributed by atoms with van der Waals surface area (Å²) in [6.07, 6.45) is 1.88. The number of rotatable bonds is 5. The Balaban J connectivity index is 2.38. The average molecular weight is 366 g/mol. The molecule has 0 atom stereocenters. The van der Waals surface area contributed by atoms with Crippen LogP contribution in [0.25, 0.3) is 6.08 Å². The lowest BCUT2D eigenvalue weighted by atomic mass is 9.77. The summed E-state index contributed by atoms with van der Waals surface area (Å²) in [5, 5.41) is 3.39. The van der Waals surface area contributed by atoms with E-state index in [1.54, 1.807) is 19.2 Å². The van der Waals surface area contributed by atoms with Gasteiger partial charge in [-0.2, -0.15) is 0 Å². The first-order valence-electron chi connectivity index (χ1n) is 8.20. The molecule has 7 heteroatoms. The van der Waals surface area contributed by atoms with Crippen LogP contribution in [-0.4, -0.2) is 37.9 Å². The second-order valence-electron chi connectivity index (χ2n) is 7.10. The summed E-state index contributed by atoms with van der Waals surface area (Å²) in [6.45, 7) is 9.73. The fraction of sp³-hybridized carbons (Fsp3) is 0.500. The molecule has 0 bridgehead atoms. The number of carbonyl (C=O) groups excluding carboxylic acids is 1. The van der Waals surface area contributed by atoms with Gasteiger partial charge < -0.3 is 19.4 Å². The van der Waals surface area contributed by atoms with Gasteiger partial charge in [0.15, 0.2) is 0 Å². The zero-order valence-electron chi connectivity index (χ0n) is 15.6. The Hall–Kier alpha value is -1.50. The van der Waals surface area contributed by atoms with Crippen molar-refractivity contribution in [3.63, 3.8) is 0 Å². The van der Waals surface area contributed by atoms with Crippen LogP contribution >= 0.6 is 11.6 Å². The van der Waals surface area contributed by atoms with E-state index in [2.05, 4.69) is 5.32 Å². The predicted molar refractivity (Wildman–Crippen MR) is 101 cm³/mol. The van der Waals surface area contributed by atoms with Crippen LogP contribution in [0.4, 0.5) is 0 Å². The minimum Gasteiger partial charge on any atom is -0.497 e. The van der Waals surface area contributed by atoms with Gasteiger partial charge in [0.2, 0.25) is 5.91 Å². The maximum atomic E-state index is 11.4. The van der Waals surface area contributed by atoms with Gasteiger partial charge in [-0.25, -0.2) is 0 Å². The molecule has 5 nitrogen and oxygen atoms in total. The third-order valence-corrected chi connectivity index (χ3v) is 4.99. The van der Waals surface area contributed by atoms with Crippen LogP contribution in [-0.2, 0) is 14.1 Å². The van der Waals surface area contributed by atoms with Gasteiger partial charge in [0.25, 0.3) is 0 Å². The van der Waals surface area contributed by atoms with Gasteiger partial charge >= 0.3 is 7.12 Å². The molecule has 1 fully saturated rings. The maximum absolute atomic E-state index is 11.4. The molecule has 136 valence electrons. The summed E-state index contributed by atoms with van der Waals surface area (Å²) in [5.74, 6) is 0.572. The molecule has 1 aliphatic rings. The number of methoxy groups -OCH3 is 1. The van der Waals surface area contributed by atoms with E-state index >= 15 is 0 Å². The molecule has 1 heterocycles. The molecule has 0 spiro atoms. The van der Waals surface area contributed by atoms with Crippen LogP contribution < -0.4 is 10.1 Å². The van der Waals surface area contributed by atoms with E-state index < -0.39 is 18.3 Å². The highest BCUT2D eigenvalue weighted by molar-refractivity contribution is 6.56. The van der Waals surface area contributed by atoms with Crippen molar-refractivity contribution in [1.29, 1.82) is 0 Å². The molecule has 0 unspecified atom stereocenters. The first-order chi connectivity index (χ1) is 11.6. The van der Waals surface area contributed by atoms with E-state index in [4.69, 9.17) is 25.6 Å². The van der Waals surface area contributed by atoms with Crippen molar-refractivity contribution < 1.29 is 18.8 Å². The standard InChI is InChI=1S/C18H25BClNO4/c1-12(22)21-11-14(19-24-17(2,3)18(4,5)25-19)9-13-10-15(23-6)7-8-16(13)20/h7-10H,11H2,1-6H3,(H,21,22). The van der Waals surface area contributed by atoms with Crippen LogP contribution in [0, 0.1) is 0 Å². The molecule has 25 heavy (non-hydrogen) atoms. The molecular weight excluding hydrogens is 340 g/mol. The van der Waals surface area contributed by atoms with E-state index in [0.717, 1.165) is 11.0 Å². The van der Waals surface area contributed by atoms with E-state index in [-0.39, 0.29) is 5.91 Å². The molecule has 1 saturated heterocycles. The number of carbonyl (C=O) groups is 1. The second-order valence-corrected chi connectivity index (χ2v) is 7.51. The van der Waals surface area contributed by atoms with Crippen molar-refractivity contribution in [3.8, 4) is 5.75 Å². The minimum absolute atomic E-state index is 0.126. The topological polar surface area (TPSA) is 56.8 Å². The van der Waals surface area contributed by atoms with Crippen molar-refractivity contribution in [2.24, 2.45) is 0 Å². The van der Waals surface area contributed by atoms with Gasteiger partial charge in [0, 0.05) is 18.5 Å². The number of hydrogen-bond acceptors (Lipinski definition) is 4. The van der Waals surface area contributed by atoms with Crippen LogP contribution in [0.1, 0.15) is 40.2 Å². The molecule has 1 aliphatic heterocycles. The summed E-state index contributed by atoms with van der Waals surface area (Å²) in [4.78, 5) is 11.4. The Labute approximate surface area is 154 Å². The van der Waals surface area contributed by atoms with Gasteiger partial charge in [-0.05, 0) is 56.9 Å². The summed E-state index contributed by atoms with van der Waals surface area (Å²) in [7, 11) is 1.03. The molecule has 1 aromatic rings. The highest BCUT2D eigenvalue weighted by Gasteiger charge is 2.52. The van der Waals surface area contributed by atoms with Crippen molar-refractivity contribution in [3.05, 3.63) is 34.3 Å². The first-order valence-corrected chi connectivity index (χ1v) is 8.57. The number of benzene rings is 1. The van der Waals surface area contributed by atoms with Gasteiger partial charge in [-0.15, -0.1) is 0 Å². The highest BCUT2D eigenvalue weighted by Crippen LogP contribution is 2.39. The van der Waals surface area contributed by atoms with Crippen molar-refractivity contribution in [2.75, 3.05) is 13.7 Å². The van der Waals surface area contributed by atoms with Gasteiger partial charge in [-0.3, -0.25) is 4.79 Å². The molecule has 0 aliphatic carbocycles. The van der Waals surface area contributed by atoms with Gasteiger partial charge in [0.1, 0.15) is 5.75 Å².